The first kappa shape index (κ1) is 14.6. The lowest BCUT2D eigenvalue weighted by atomic mass is 10.2. The van der Waals surface area contributed by atoms with Crippen LogP contribution < -0.4 is 5.32 Å². The van der Waals surface area contributed by atoms with Gasteiger partial charge in [-0.1, -0.05) is 6.92 Å². The molecule has 1 aliphatic carbocycles. The van der Waals surface area contributed by atoms with Crippen LogP contribution in [-0.4, -0.2) is 38.3 Å². The van der Waals surface area contributed by atoms with E-state index in [0.717, 1.165) is 51.1 Å². The Morgan fingerprint density at radius 1 is 1.47 bits per heavy atom. The molecule has 0 radical (unpaired) electrons. The van der Waals surface area contributed by atoms with Gasteiger partial charge in [-0.25, -0.2) is 0 Å². The van der Waals surface area contributed by atoms with E-state index in [1.807, 2.05) is 0 Å². The van der Waals surface area contributed by atoms with Crippen molar-refractivity contribution in [3.63, 3.8) is 0 Å². The van der Waals surface area contributed by atoms with Crippen LogP contribution in [0.4, 0.5) is 0 Å². The molecule has 0 saturated heterocycles. The van der Waals surface area contributed by atoms with Gasteiger partial charge in [0.25, 0.3) is 0 Å². The quantitative estimate of drug-likeness (QED) is 0.659. The molecule has 1 heterocycles. The van der Waals surface area contributed by atoms with Gasteiger partial charge in [0.15, 0.2) is 0 Å². The fourth-order valence-electron chi connectivity index (χ4n) is 2.03. The van der Waals surface area contributed by atoms with Crippen molar-refractivity contribution in [1.82, 2.24) is 10.2 Å². The number of furan rings is 1. The van der Waals surface area contributed by atoms with Crippen LogP contribution in [0.5, 0.6) is 0 Å². The van der Waals surface area contributed by atoms with Crippen LogP contribution in [0.25, 0.3) is 0 Å². The molecule has 0 amide bonds. The lowest BCUT2D eigenvalue weighted by Gasteiger charge is -2.16. The lowest BCUT2D eigenvalue weighted by molar-refractivity contribution is 0.102. The van der Waals surface area contributed by atoms with Crippen molar-refractivity contribution in [2.24, 2.45) is 5.92 Å². The van der Waals surface area contributed by atoms with E-state index in [4.69, 9.17) is 9.15 Å². The Bertz CT molecular complexity index is 361. The van der Waals surface area contributed by atoms with Gasteiger partial charge >= 0.3 is 0 Å². The zero-order valence-electron chi connectivity index (χ0n) is 12.2. The summed E-state index contributed by atoms with van der Waals surface area (Å²) >= 11 is 0. The largest absolute Gasteiger partial charge is 0.468 e. The van der Waals surface area contributed by atoms with Gasteiger partial charge in [-0.2, -0.15) is 0 Å². The Labute approximate surface area is 116 Å². The van der Waals surface area contributed by atoms with Crippen molar-refractivity contribution in [3.8, 4) is 0 Å². The van der Waals surface area contributed by atoms with Crippen LogP contribution in [-0.2, 0) is 17.8 Å². The molecule has 2 rings (SSSR count). The standard InChI is InChI=1S/C15H26N2O2/c1-3-16-10-15-14(6-8-19-15)11-17(2)7-9-18-12-13-4-5-13/h6,8,13,16H,3-5,7,9-12H2,1-2H3. The van der Waals surface area contributed by atoms with E-state index in [1.165, 1.54) is 18.4 Å². The van der Waals surface area contributed by atoms with Gasteiger partial charge in [-0.15, -0.1) is 0 Å². The molecule has 1 aromatic heterocycles. The van der Waals surface area contributed by atoms with Crippen LogP contribution in [0.1, 0.15) is 31.1 Å². The monoisotopic (exact) mass is 266 g/mol. The van der Waals surface area contributed by atoms with Crippen molar-refractivity contribution in [1.29, 1.82) is 0 Å². The number of rotatable bonds is 10. The van der Waals surface area contributed by atoms with E-state index >= 15 is 0 Å². The molecule has 0 atom stereocenters. The van der Waals surface area contributed by atoms with Gasteiger partial charge in [-0.3, -0.25) is 4.90 Å². The zero-order valence-corrected chi connectivity index (χ0v) is 12.2. The second-order valence-corrected chi connectivity index (χ2v) is 5.41. The Morgan fingerprint density at radius 3 is 3.05 bits per heavy atom. The fraction of sp³-hybridized carbons (Fsp3) is 0.733. The topological polar surface area (TPSA) is 37.6 Å². The minimum absolute atomic E-state index is 0.810. The predicted molar refractivity (Wildman–Crippen MR) is 76.0 cm³/mol. The Hall–Kier alpha value is -0.840. The summed E-state index contributed by atoms with van der Waals surface area (Å²) < 4.78 is 11.2. The summed E-state index contributed by atoms with van der Waals surface area (Å²) in [6.07, 6.45) is 4.50. The summed E-state index contributed by atoms with van der Waals surface area (Å²) in [5.41, 5.74) is 1.27. The van der Waals surface area contributed by atoms with Crippen LogP contribution in [0, 0.1) is 5.92 Å². The highest BCUT2D eigenvalue weighted by Gasteiger charge is 2.21. The molecule has 1 aliphatic rings. The number of nitrogens with zero attached hydrogens (tertiary/aromatic N) is 1. The highest BCUT2D eigenvalue weighted by molar-refractivity contribution is 5.16. The van der Waals surface area contributed by atoms with E-state index in [1.54, 1.807) is 6.26 Å². The van der Waals surface area contributed by atoms with Crippen LogP contribution in [0.2, 0.25) is 0 Å². The highest BCUT2D eigenvalue weighted by atomic mass is 16.5. The second kappa shape index (κ2) is 7.68. The first-order valence-corrected chi connectivity index (χ1v) is 7.31. The van der Waals surface area contributed by atoms with Crippen molar-refractivity contribution >= 4 is 0 Å². The van der Waals surface area contributed by atoms with Crippen LogP contribution in [0.3, 0.4) is 0 Å². The smallest absolute Gasteiger partial charge is 0.122 e. The normalized spacial score (nSPS) is 15.3. The van der Waals surface area contributed by atoms with Gasteiger partial charge in [-0.05, 0) is 38.4 Å². The van der Waals surface area contributed by atoms with E-state index < -0.39 is 0 Å². The van der Waals surface area contributed by atoms with E-state index in [-0.39, 0.29) is 0 Å². The molecule has 0 spiro atoms. The summed E-state index contributed by atoms with van der Waals surface area (Å²) in [4.78, 5) is 2.28. The fourth-order valence-corrected chi connectivity index (χ4v) is 2.03. The van der Waals surface area contributed by atoms with Gasteiger partial charge < -0.3 is 14.5 Å². The van der Waals surface area contributed by atoms with Crippen LogP contribution >= 0.6 is 0 Å². The third-order valence-corrected chi connectivity index (χ3v) is 3.48. The molecule has 1 aromatic rings. The summed E-state index contributed by atoms with van der Waals surface area (Å²) in [7, 11) is 2.13. The molecule has 0 aromatic carbocycles. The predicted octanol–water partition coefficient (Wildman–Crippen LogP) is 2.25. The molecule has 1 saturated carbocycles. The number of nitrogens with one attached hydrogen (secondary N) is 1. The Balaban J connectivity index is 1.65. The van der Waals surface area contributed by atoms with Crippen molar-refractivity contribution in [2.75, 3.05) is 33.4 Å². The first-order chi connectivity index (χ1) is 9.29. The van der Waals surface area contributed by atoms with Gasteiger partial charge in [0.1, 0.15) is 5.76 Å². The molecule has 1 N–H and O–H groups in total. The van der Waals surface area contributed by atoms with E-state index in [0.29, 0.717) is 0 Å². The van der Waals surface area contributed by atoms with Gasteiger partial charge in [0, 0.05) is 25.3 Å². The summed E-state index contributed by atoms with van der Waals surface area (Å²) in [5, 5.41) is 3.30. The summed E-state index contributed by atoms with van der Waals surface area (Å²) in [5.74, 6) is 1.90. The van der Waals surface area contributed by atoms with E-state index in [9.17, 15) is 0 Å². The molecule has 0 bridgehead atoms. The molecule has 19 heavy (non-hydrogen) atoms. The van der Waals surface area contributed by atoms with Gasteiger partial charge in [0.05, 0.1) is 19.4 Å². The van der Waals surface area contributed by atoms with Gasteiger partial charge in [0.2, 0.25) is 0 Å². The number of likely N-dealkylation sites (N-methyl/N-ethyl adjacent to an activating group) is 1. The number of ether oxygens (including phenoxy) is 1. The maximum Gasteiger partial charge on any atom is 0.122 e. The van der Waals surface area contributed by atoms with Crippen molar-refractivity contribution in [2.45, 2.75) is 32.9 Å². The van der Waals surface area contributed by atoms with E-state index in [2.05, 4.69) is 30.3 Å². The SMILES string of the molecule is CCNCc1occc1CN(C)CCOCC1CC1. The molecule has 0 aliphatic heterocycles. The van der Waals surface area contributed by atoms with Crippen molar-refractivity contribution < 1.29 is 9.15 Å². The maximum absolute atomic E-state index is 5.67. The third kappa shape index (κ3) is 5.35. The first-order valence-electron chi connectivity index (χ1n) is 7.31. The molecular weight excluding hydrogens is 240 g/mol. The Kier molecular flexibility index (Phi) is 5.89. The minimum Gasteiger partial charge on any atom is -0.468 e. The minimum atomic E-state index is 0.810. The molecule has 0 unspecified atom stereocenters. The van der Waals surface area contributed by atoms with Crippen LogP contribution in [0.15, 0.2) is 16.7 Å². The van der Waals surface area contributed by atoms with Crippen molar-refractivity contribution in [3.05, 3.63) is 23.7 Å². The Morgan fingerprint density at radius 2 is 2.32 bits per heavy atom. The maximum atomic E-state index is 5.67. The average Bonchev–Trinajstić information content (AvgIpc) is 3.13. The molecule has 1 fully saturated rings. The lowest BCUT2D eigenvalue weighted by Crippen LogP contribution is -2.24. The zero-order chi connectivity index (χ0) is 13.5. The summed E-state index contributed by atoms with van der Waals surface area (Å²) in [6, 6.07) is 2.06. The number of hydrogen-bond donors (Lipinski definition) is 1. The number of hydrogen-bond acceptors (Lipinski definition) is 4. The highest BCUT2D eigenvalue weighted by Crippen LogP contribution is 2.28. The molecule has 108 valence electrons. The molecule has 4 nitrogen and oxygen atoms in total. The summed E-state index contributed by atoms with van der Waals surface area (Å²) in [6.45, 7) is 7.54. The average molecular weight is 266 g/mol. The molecular formula is C15H26N2O2. The molecule has 4 heteroatoms. The second-order valence-electron chi connectivity index (χ2n) is 5.41. The third-order valence-electron chi connectivity index (χ3n) is 3.48.